The van der Waals surface area contributed by atoms with Gasteiger partial charge in [0.05, 0.1) is 12.2 Å². The molecule has 0 amide bonds. The molecule has 2 nitrogen and oxygen atoms in total. The van der Waals surface area contributed by atoms with Crippen LogP contribution in [0.3, 0.4) is 0 Å². The Morgan fingerprint density at radius 3 is 1.93 bits per heavy atom. The van der Waals surface area contributed by atoms with Crippen LogP contribution in [0.15, 0.2) is 48.5 Å². The highest BCUT2D eigenvalue weighted by molar-refractivity contribution is 5.90. The highest BCUT2D eigenvalue weighted by atomic mass is 16.5. The Kier molecular flexibility index (Phi) is 8.99. The Bertz CT molecular complexity index is 752. The first-order valence-corrected chi connectivity index (χ1v) is 12.1. The molecular weight excluding hydrogens is 368 g/mol. The largest absolute Gasteiger partial charge is 0.462 e. The minimum atomic E-state index is -0.255. The normalized spacial score (nSPS) is 18.9. The summed E-state index contributed by atoms with van der Waals surface area (Å²) in [4.78, 5) is 11.8. The van der Waals surface area contributed by atoms with Crippen molar-refractivity contribution in [3.63, 3.8) is 0 Å². The fourth-order valence-electron chi connectivity index (χ4n) is 4.74. The SMILES string of the molecule is CCCCC[C@H]1CC[C@H](CCc2ccc(-c3ccc(C(=O)OCC)cc3)cc2)CC1. The van der Waals surface area contributed by atoms with Crippen LogP contribution in [0, 0.1) is 11.8 Å². The van der Waals surface area contributed by atoms with Crippen LogP contribution in [0.2, 0.25) is 0 Å². The average Bonchev–Trinajstić information content (AvgIpc) is 2.79. The van der Waals surface area contributed by atoms with E-state index in [-0.39, 0.29) is 5.97 Å². The van der Waals surface area contributed by atoms with Crippen LogP contribution in [0.1, 0.15) is 87.6 Å². The first-order valence-electron chi connectivity index (χ1n) is 12.1. The van der Waals surface area contributed by atoms with Crippen molar-refractivity contribution in [1.82, 2.24) is 0 Å². The molecule has 0 unspecified atom stereocenters. The zero-order chi connectivity index (χ0) is 21.2. The van der Waals surface area contributed by atoms with Gasteiger partial charge in [0.1, 0.15) is 0 Å². The Morgan fingerprint density at radius 1 is 0.800 bits per heavy atom. The van der Waals surface area contributed by atoms with Crippen molar-refractivity contribution in [2.45, 2.75) is 78.1 Å². The number of hydrogen-bond donors (Lipinski definition) is 0. The summed E-state index contributed by atoms with van der Waals surface area (Å²) >= 11 is 0. The predicted octanol–water partition coefficient (Wildman–Crippen LogP) is 7.85. The smallest absolute Gasteiger partial charge is 0.338 e. The summed E-state index contributed by atoms with van der Waals surface area (Å²) in [5.41, 5.74) is 4.38. The number of aryl methyl sites for hydroxylation is 1. The van der Waals surface area contributed by atoms with Gasteiger partial charge in [-0.1, -0.05) is 94.7 Å². The van der Waals surface area contributed by atoms with E-state index in [0.29, 0.717) is 12.2 Å². The maximum atomic E-state index is 11.8. The molecule has 2 aromatic rings. The highest BCUT2D eigenvalue weighted by Gasteiger charge is 2.20. The van der Waals surface area contributed by atoms with Gasteiger partial charge in [0.25, 0.3) is 0 Å². The van der Waals surface area contributed by atoms with Crippen molar-refractivity contribution in [2.75, 3.05) is 6.61 Å². The molecule has 1 aliphatic carbocycles. The molecule has 30 heavy (non-hydrogen) atoms. The molecule has 0 aromatic heterocycles. The molecular formula is C28H38O2. The Hall–Kier alpha value is -2.09. The summed E-state index contributed by atoms with van der Waals surface area (Å²) in [6.07, 6.45) is 13.9. The Morgan fingerprint density at radius 2 is 1.37 bits per heavy atom. The lowest BCUT2D eigenvalue weighted by molar-refractivity contribution is 0.0526. The van der Waals surface area contributed by atoms with Gasteiger partial charge in [-0.05, 0) is 60.4 Å². The lowest BCUT2D eigenvalue weighted by Crippen LogP contribution is -2.15. The molecule has 0 bridgehead atoms. The first-order chi connectivity index (χ1) is 14.7. The van der Waals surface area contributed by atoms with Gasteiger partial charge in [0.15, 0.2) is 0 Å². The minimum Gasteiger partial charge on any atom is -0.462 e. The topological polar surface area (TPSA) is 26.3 Å². The van der Waals surface area contributed by atoms with Crippen LogP contribution in [0.4, 0.5) is 0 Å². The standard InChI is InChI=1S/C28H38O2/c1-3-5-6-7-22-8-10-23(11-9-22)12-13-24-14-16-25(17-15-24)26-18-20-27(21-19-26)28(29)30-4-2/h14-23H,3-13H2,1-2H3/t22-,23-. The molecule has 162 valence electrons. The highest BCUT2D eigenvalue weighted by Crippen LogP contribution is 2.34. The third-order valence-corrected chi connectivity index (χ3v) is 6.71. The molecule has 2 heteroatoms. The van der Waals surface area contributed by atoms with Crippen LogP contribution in [0.25, 0.3) is 11.1 Å². The second-order valence-electron chi connectivity index (χ2n) is 8.92. The van der Waals surface area contributed by atoms with E-state index in [4.69, 9.17) is 4.74 Å². The van der Waals surface area contributed by atoms with Gasteiger partial charge in [0.2, 0.25) is 0 Å². The zero-order valence-electron chi connectivity index (χ0n) is 18.9. The van der Waals surface area contributed by atoms with Crippen LogP contribution in [-0.2, 0) is 11.2 Å². The number of rotatable bonds is 10. The number of unbranched alkanes of at least 4 members (excludes halogenated alkanes) is 2. The summed E-state index contributed by atoms with van der Waals surface area (Å²) in [6.45, 7) is 4.53. The Balaban J connectivity index is 1.44. The van der Waals surface area contributed by atoms with Gasteiger partial charge < -0.3 is 4.74 Å². The van der Waals surface area contributed by atoms with E-state index < -0.39 is 0 Å². The molecule has 1 saturated carbocycles. The summed E-state index contributed by atoms with van der Waals surface area (Å²) in [5, 5.41) is 0. The van der Waals surface area contributed by atoms with Crippen molar-refractivity contribution in [3.8, 4) is 11.1 Å². The lowest BCUT2D eigenvalue weighted by atomic mass is 9.78. The molecule has 3 rings (SSSR count). The van der Waals surface area contributed by atoms with Gasteiger partial charge in [-0.3, -0.25) is 0 Å². The molecule has 0 saturated heterocycles. The number of esters is 1. The summed E-state index contributed by atoms with van der Waals surface area (Å²) in [7, 11) is 0. The average molecular weight is 407 g/mol. The second kappa shape index (κ2) is 11.9. The second-order valence-corrected chi connectivity index (χ2v) is 8.92. The van der Waals surface area contributed by atoms with Gasteiger partial charge in [-0.15, -0.1) is 0 Å². The maximum Gasteiger partial charge on any atom is 0.338 e. The third-order valence-electron chi connectivity index (χ3n) is 6.71. The van der Waals surface area contributed by atoms with Crippen LogP contribution >= 0.6 is 0 Å². The van der Waals surface area contributed by atoms with E-state index in [2.05, 4.69) is 31.2 Å². The number of ether oxygens (including phenoxy) is 1. The summed E-state index contributed by atoms with van der Waals surface area (Å²) in [6, 6.07) is 16.6. The predicted molar refractivity (Wildman–Crippen MR) is 126 cm³/mol. The summed E-state index contributed by atoms with van der Waals surface area (Å²) < 4.78 is 5.05. The summed E-state index contributed by atoms with van der Waals surface area (Å²) in [5.74, 6) is 1.67. The van der Waals surface area contributed by atoms with E-state index in [9.17, 15) is 4.79 Å². The molecule has 0 heterocycles. The van der Waals surface area contributed by atoms with Crippen molar-refractivity contribution in [2.24, 2.45) is 11.8 Å². The van der Waals surface area contributed by atoms with Crippen LogP contribution < -0.4 is 0 Å². The van der Waals surface area contributed by atoms with E-state index >= 15 is 0 Å². The molecule has 0 atom stereocenters. The maximum absolute atomic E-state index is 11.8. The first kappa shape index (κ1) is 22.6. The van der Waals surface area contributed by atoms with Crippen molar-refractivity contribution in [3.05, 3.63) is 59.7 Å². The van der Waals surface area contributed by atoms with E-state index in [0.717, 1.165) is 17.4 Å². The monoisotopic (exact) mass is 406 g/mol. The molecule has 1 aliphatic rings. The fraction of sp³-hybridized carbons (Fsp3) is 0.536. The van der Waals surface area contributed by atoms with Crippen molar-refractivity contribution < 1.29 is 9.53 Å². The molecule has 0 aliphatic heterocycles. The molecule has 0 spiro atoms. The molecule has 1 fully saturated rings. The van der Waals surface area contributed by atoms with Crippen molar-refractivity contribution >= 4 is 5.97 Å². The number of benzene rings is 2. The van der Waals surface area contributed by atoms with Gasteiger partial charge >= 0.3 is 5.97 Å². The molecule has 0 radical (unpaired) electrons. The van der Waals surface area contributed by atoms with Crippen LogP contribution in [-0.4, -0.2) is 12.6 Å². The minimum absolute atomic E-state index is 0.255. The van der Waals surface area contributed by atoms with Crippen molar-refractivity contribution in [1.29, 1.82) is 0 Å². The zero-order valence-corrected chi connectivity index (χ0v) is 18.9. The quantitative estimate of drug-likeness (QED) is 0.296. The Labute approximate surface area is 183 Å². The van der Waals surface area contributed by atoms with Gasteiger partial charge in [0, 0.05) is 0 Å². The van der Waals surface area contributed by atoms with Gasteiger partial charge in [-0.2, -0.15) is 0 Å². The van der Waals surface area contributed by atoms with E-state index in [1.165, 1.54) is 75.3 Å². The number of hydrogen-bond acceptors (Lipinski definition) is 2. The van der Waals surface area contributed by atoms with E-state index in [1.54, 1.807) is 0 Å². The number of carbonyl (C=O) groups excluding carboxylic acids is 1. The van der Waals surface area contributed by atoms with Crippen LogP contribution in [0.5, 0.6) is 0 Å². The van der Waals surface area contributed by atoms with E-state index in [1.807, 2.05) is 31.2 Å². The molecule has 0 N–H and O–H groups in total. The third kappa shape index (κ3) is 6.72. The molecule has 2 aromatic carbocycles. The lowest BCUT2D eigenvalue weighted by Gasteiger charge is -2.28. The fourth-order valence-corrected chi connectivity index (χ4v) is 4.74. The number of carbonyl (C=O) groups is 1. The van der Waals surface area contributed by atoms with Gasteiger partial charge in [-0.25, -0.2) is 4.79 Å².